The van der Waals surface area contributed by atoms with Gasteiger partial charge in [-0.2, -0.15) is 4.39 Å². The van der Waals surface area contributed by atoms with E-state index in [-0.39, 0.29) is 17.8 Å². The fourth-order valence-electron chi connectivity index (χ4n) is 5.50. The molecule has 1 aromatic carbocycles. The number of pyridine rings is 2. The third-order valence-corrected chi connectivity index (χ3v) is 7.47. The number of rotatable bonds is 8. The second-order valence-corrected chi connectivity index (χ2v) is 9.97. The molecule has 36 heavy (non-hydrogen) atoms. The van der Waals surface area contributed by atoms with Crippen molar-refractivity contribution >= 4 is 22.5 Å². The molecular weight excluding hydrogens is 461 g/mol. The fourth-order valence-corrected chi connectivity index (χ4v) is 5.50. The lowest BCUT2D eigenvalue weighted by Gasteiger charge is -2.62. The van der Waals surface area contributed by atoms with E-state index in [1.807, 2.05) is 6.07 Å². The first kappa shape index (κ1) is 22.6. The van der Waals surface area contributed by atoms with Crippen molar-refractivity contribution < 1.29 is 13.9 Å². The van der Waals surface area contributed by atoms with Crippen LogP contribution in [0.25, 0.3) is 16.6 Å². The monoisotopic (exact) mass is 487 g/mol. The van der Waals surface area contributed by atoms with Crippen LogP contribution in [0.2, 0.25) is 0 Å². The molecule has 184 valence electrons. The van der Waals surface area contributed by atoms with Crippen molar-refractivity contribution in [1.82, 2.24) is 25.0 Å². The molecule has 3 heterocycles. The Labute approximate surface area is 206 Å². The second kappa shape index (κ2) is 8.67. The van der Waals surface area contributed by atoms with Gasteiger partial charge in [-0.05, 0) is 54.9 Å². The summed E-state index contributed by atoms with van der Waals surface area (Å²) in [6.07, 6.45) is 5.47. The lowest BCUT2D eigenvalue weighted by Crippen LogP contribution is -2.56. The number of aromatic nitrogens is 3. The van der Waals surface area contributed by atoms with Crippen LogP contribution in [-0.2, 0) is 13.1 Å². The molecule has 0 atom stereocenters. The Bertz CT molecular complexity index is 1550. The molecule has 3 saturated carbocycles. The number of carbonyl (C=O) groups excluding carboxylic acids is 1. The minimum absolute atomic E-state index is 0.0340. The van der Waals surface area contributed by atoms with Crippen molar-refractivity contribution in [2.24, 2.45) is 11.3 Å². The van der Waals surface area contributed by atoms with Crippen LogP contribution in [0.1, 0.15) is 40.9 Å². The maximum atomic E-state index is 14.7. The molecule has 4 aromatic rings. The smallest absolute Gasteiger partial charge is 0.270 e. The summed E-state index contributed by atoms with van der Waals surface area (Å²) < 4.78 is 21.5. The first-order chi connectivity index (χ1) is 17.4. The molecule has 2 N–H and O–H groups in total. The highest BCUT2D eigenvalue weighted by atomic mass is 19.1. The normalized spacial score (nSPS) is 20.1. The van der Waals surface area contributed by atoms with Gasteiger partial charge in [0.05, 0.1) is 12.6 Å². The molecule has 0 radical (unpaired) electrons. The predicted octanol–water partition coefficient (Wildman–Crippen LogP) is 3.21. The molecular formula is C27H26FN5O3. The van der Waals surface area contributed by atoms with E-state index in [0.29, 0.717) is 40.0 Å². The number of nitrogens with zero attached hydrogens (tertiary/aromatic N) is 3. The molecule has 0 unspecified atom stereocenters. The molecule has 3 aliphatic rings. The van der Waals surface area contributed by atoms with Gasteiger partial charge in [0, 0.05) is 54.5 Å². The minimum Gasteiger partial charge on any atom is -0.496 e. The van der Waals surface area contributed by atoms with E-state index in [0.717, 1.165) is 17.8 Å². The van der Waals surface area contributed by atoms with Crippen LogP contribution in [0.3, 0.4) is 0 Å². The summed E-state index contributed by atoms with van der Waals surface area (Å²) in [5, 5.41) is 6.96. The maximum Gasteiger partial charge on any atom is 0.270 e. The molecule has 3 fully saturated rings. The lowest BCUT2D eigenvalue weighted by molar-refractivity contribution is -0.103. The third kappa shape index (κ3) is 3.99. The van der Waals surface area contributed by atoms with E-state index < -0.39 is 11.9 Å². The van der Waals surface area contributed by atoms with Gasteiger partial charge < -0.3 is 15.4 Å². The van der Waals surface area contributed by atoms with Gasteiger partial charge in [-0.25, -0.2) is 9.97 Å². The number of ether oxygens (including phenoxy) is 1. The van der Waals surface area contributed by atoms with E-state index in [2.05, 4.69) is 20.6 Å². The first-order valence-corrected chi connectivity index (χ1v) is 12.1. The van der Waals surface area contributed by atoms with Gasteiger partial charge in [-0.15, -0.1) is 0 Å². The van der Waals surface area contributed by atoms with Gasteiger partial charge in [-0.3, -0.25) is 14.0 Å². The molecule has 3 aromatic heterocycles. The number of nitrogens with one attached hydrogen (secondary N) is 2. The van der Waals surface area contributed by atoms with Crippen LogP contribution >= 0.6 is 0 Å². The Balaban J connectivity index is 1.20. The standard InChI is InChI=1S/C27H26FN5O3/c1-36-22-8-20-17(7-19(25(28)32-20)13-29-15-27-10-16(11-27)12-27)6-18(22)14-30-26(35)21-9-24(34)33-5-3-2-4-23(33)31-21/h2-9,16,29H,10-15H2,1H3,(H,30,35). The SMILES string of the molecule is COc1cc2nc(F)c(CNCC34CC(C3)C4)cc2cc1CNC(=O)c1cc(=O)n2ccccc2n1. The average Bonchev–Trinajstić information content (AvgIpc) is 2.83. The summed E-state index contributed by atoms with van der Waals surface area (Å²) in [7, 11) is 1.51. The average molecular weight is 488 g/mol. The van der Waals surface area contributed by atoms with Gasteiger partial charge in [0.25, 0.3) is 11.5 Å². The Kier molecular flexibility index (Phi) is 5.44. The van der Waals surface area contributed by atoms with Gasteiger partial charge in [0.15, 0.2) is 0 Å². The second-order valence-electron chi connectivity index (χ2n) is 9.97. The Hall–Kier alpha value is -3.85. The van der Waals surface area contributed by atoms with Gasteiger partial charge in [-0.1, -0.05) is 6.07 Å². The molecule has 0 aliphatic heterocycles. The number of hydrogen-bond donors (Lipinski definition) is 2. The summed E-state index contributed by atoms with van der Waals surface area (Å²) in [5.74, 6) is 0.425. The summed E-state index contributed by atoms with van der Waals surface area (Å²) in [6.45, 7) is 1.47. The molecule has 9 heteroatoms. The number of carbonyl (C=O) groups is 1. The van der Waals surface area contributed by atoms with Gasteiger partial charge in [0.1, 0.15) is 17.1 Å². The van der Waals surface area contributed by atoms with Crippen LogP contribution in [0.5, 0.6) is 5.75 Å². The summed E-state index contributed by atoms with van der Waals surface area (Å²) in [6, 6.07) is 11.6. The van der Waals surface area contributed by atoms with Gasteiger partial charge >= 0.3 is 0 Å². The van der Waals surface area contributed by atoms with Crippen LogP contribution in [0.4, 0.5) is 4.39 Å². The largest absolute Gasteiger partial charge is 0.496 e. The predicted molar refractivity (Wildman–Crippen MR) is 132 cm³/mol. The number of halogens is 1. The molecule has 3 aliphatic carbocycles. The highest BCUT2D eigenvalue weighted by Crippen LogP contribution is 2.63. The zero-order valence-electron chi connectivity index (χ0n) is 19.9. The maximum absolute atomic E-state index is 14.7. The molecule has 1 amide bonds. The molecule has 7 rings (SSSR count). The first-order valence-electron chi connectivity index (χ1n) is 12.1. The van der Waals surface area contributed by atoms with Crippen molar-refractivity contribution in [2.45, 2.75) is 32.4 Å². The molecule has 0 spiro atoms. The highest BCUT2D eigenvalue weighted by molar-refractivity contribution is 5.92. The topological polar surface area (TPSA) is 97.6 Å². The van der Waals surface area contributed by atoms with Gasteiger partial charge in [0.2, 0.25) is 5.95 Å². The molecule has 2 bridgehead atoms. The van der Waals surface area contributed by atoms with Crippen molar-refractivity contribution in [3.8, 4) is 5.75 Å². The summed E-state index contributed by atoms with van der Waals surface area (Å²) >= 11 is 0. The van der Waals surface area contributed by atoms with E-state index in [1.54, 1.807) is 36.5 Å². The number of methoxy groups -OCH3 is 1. The molecule has 8 nitrogen and oxygen atoms in total. The van der Waals surface area contributed by atoms with Crippen LogP contribution < -0.4 is 20.9 Å². The van der Waals surface area contributed by atoms with Crippen LogP contribution in [0, 0.1) is 17.3 Å². The lowest BCUT2D eigenvalue weighted by atomic mass is 9.44. The third-order valence-electron chi connectivity index (χ3n) is 7.47. The minimum atomic E-state index is -0.496. The van der Waals surface area contributed by atoms with Crippen molar-refractivity contribution in [3.63, 3.8) is 0 Å². The number of amides is 1. The number of fused-ring (bicyclic) bond motifs is 2. The van der Waals surface area contributed by atoms with Crippen LogP contribution in [0.15, 0.2) is 53.5 Å². The summed E-state index contributed by atoms with van der Waals surface area (Å²) in [4.78, 5) is 33.5. The zero-order valence-corrected chi connectivity index (χ0v) is 19.9. The Morgan fingerprint density at radius 1 is 1.14 bits per heavy atom. The summed E-state index contributed by atoms with van der Waals surface area (Å²) in [5.41, 5.74) is 2.22. The zero-order chi connectivity index (χ0) is 24.9. The van der Waals surface area contributed by atoms with E-state index in [1.165, 1.54) is 36.8 Å². The Morgan fingerprint density at radius 3 is 2.69 bits per heavy atom. The Morgan fingerprint density at radius 2 is 1.94 bits per heavy atom. The van der Waals surface area contributed by atoms with Crippen molar-refractivity contribution in [3.05, 3.63) is 81.8 Å². The van der Waals surface area contributed by atoms with Crippen molar-refractivity contribution in [1.29, 1.82) is 0 Å². The quantitative estimate of drug-likeness (QED) is 0.371. The van der Waals surface area contributed by atoms with Crippen molar-refractivity contribution in [2.75, 3.05) is 13.7 Å². The van der Waals surface area contributed by atoms with E-state index in [9.17, 15) is 14.0 Å². The van der Waals surface area contributed by atoms with E-state index in [4.69, 9.17) is 4.74 Å². The highest BCUT2D eigenvalue weighted by Gasteiger charge is 2.55. The molecule has 0 saturated heterocycles. The fraction of sp³-hybridized carbons (Fsp3) is 0.333. The number of hydrogen-bond acceptors (Lipinski definition) is 6. The van der Waals surface area contributed by atoms with E-state index >= 15 is 0 Å². The number of benzene rings is 1. The van der Waals surface area contributed by atoms with Crippen LogP contribution in [-0.4, -0.2) is 33.9 Å².